The summed E-state index contributed by atoms with van der Waals surface area (Å²) in [5.41, 5.74) is 4.72. The molecule has 0 unspecified atom stereocenters. The van der Waals surface area contributed by atoms with Gasteiger partial charge in [-0.25, -0.2) is 0 Å². The molecule has 0 saturated heterocycles. The first-order valence-electron chi connectivity index (χ1n) is 12.6. The van der Waals surface area contributed by atoms with Gasteiger partial charge in [0.15, 0.2) is 0 Å². The Hall–Kier alpha value is -4.00. The molecule has 4 rings (SSSR count). The summed E-state index contributed by atoms with van der Waals surface area (Å²) in [6.45, 7) is 2.42. The Balaban J connectivity index is 1.43. The van der Waals surface area contributed by atoms with Crippen molar-refractivity contribution < 1.29 is 9.90 Å². The van der Waals surface area contributed by atoms with E-state index in [4.69, 9.17) is 0 Å². The fourth-order valence-corrected chi connectivity index (χ4v) is 4.26. The predicted octanol–water partition coefficient (Wildman–Crippen LogP) is 4.90. The predicted molar refractivity (Wildman–Crippen MR) is 149 cm³/mol. The van der Waals surface area contributed by atoms with Crippen molar-refractivity contribution in [2.75, 3.05) is 18.5 Å². The van der Waals surface area contributed by atoms with Crippen LogP contribution in [-0.2, 0) is 6.42 Å². The van der Waals surface area contributed by atoms with Crippen LogP contribution in [0, 0.1) is 0 Å². The highest BCUT2D eigenvalue weighted by molar-refractivity contribution is 5.94. The Morgan fingerprint density at radius 3 is 2.11 bits per heavy atom. The van der Waals surface area contributed by atoms with E-state index in [0.29, 0.717) is 18.5 Å². The number of nitrogens with one attached hydrogen (secondary N) is 2. The molecular formula is C31H34N4O2. The number of hydrogen-bond acceptors (Lipinski definition) is 5. The summed E-state index contributed by atoms with van der Waals surface area (Å²) >= 11 is 0. The van der Waals surface area contributed by atoms with Crippen LogP contribution in [0.2, 0.25) is 0 Å². The third-order valence-electron chi connectivity index (χ3n) is 6.58. The molecule has 37 heavy (non-hydrogen) atoms. The number of amides is 1. The first kappa shape index (κ1) is 26.1. The summed E-state index contributed by atoms with van der Waals surface area (Å²) in [6, 6.07) is 31.0. The molecule has 0 aliphatic heterocycles. The van der Waals surface area contributed by atoms with Crippen LogP contribution < -0.4 is 15.5 Å². The second-order valence-electron chi connectivity index (χ2n) is 9.19. The molecular weight excluding hydrogens is 460 g/mol. The van der Waals surface area contributed by atoms with Crippen LogP contribution in [0.1, 0.15) is 34.5 Å². The number of carbonyl (C=O) groups is 1. The van der Waals surface area contributed by atoms with Crippen LogP contribution in [0.3, 0.4) is 0 Å². The lowest BCUT2D eigenvalue weighted by Crippen LogP contribution is -2.49. The molecule has 3 N–H and O–H groups in total. The molecule has 3 atom stereocenters. The van der Waals surface area contributed by atoms with E-state index >= 15 is 0 Å². The van der Waals surface area contributed by atoms with Gasteiger partial charge in [0.05, 0.1) is 12.1 Å². The number of aliphatic hydroxyl groups excluding tert-OH is 1. The number of benzene rings is 3. The summed E-state index contributed by atoms with van der Waals surface area (Å²) < 4.78 is 0. The molecule has 1 heterocycles. The van der Waals surface area contributed by atoms with E-state index in [-0.39, 0.29) is 11.9 Å². The molecule has 6 nitrogen and oxygen atoms in total. The first-order valence-corrected chi connectivity index (χ1v) is 12.6. The van der Waals surface area contributed by atoms with Crippen LogP contribution in [-0.4, -0.2) is 41.7 Å². The normalized spacial score (nSPS) is 13.4. The lowest BCUT2D eigenvalue weighted by molar-refractivity contribution is 0.0826. The van der Waals surface area contributed by atoms with Crippen LogP contribution in [0.5, 0.6) is 0 Å². The maximum atomic E-state index is 13.2. The third-order valence-corrected chi connectivity index (χ3v) is 6.58. The lowest BCUT2D eigenvalue weighted by atomic mass is 10.00. The van der Waals surface area contributed by atoms with Gasteiger partial charge in [-0.05, 0) is 60.9 Å². The molecule has 0 bridgehead atoms. The Bertz CT molecular complexity index is 1230. The van der Waals surface area contributed by atoms with Gasteiger partial charge in [-0.1, -0.05) is 60.7 Å². The van der Waals surface area contributed by atoms with E-state index < -0.39 is 12.1 Å². The first-order chi connectivity index (χ1) is 18.0. The van der Waals surface area contributed by atoms with Crippen LogP contribution in [0.4, 0.5) is 11.4 Å². The largest absolute Gasteiger partial charge is 0.390 e. The smallest absolute Gasteiger partial charge is 0.251 e. The van der Waals surface area contributed by atoms with Gasteiger partial charge in [0.2, 0.25) is 0 Å². The Labute approximate surface area is 219 Å². The molecule has 0 aliphatic carbocycles. The summed E-state index contributed by atoms with van der Waals surface area (Å²) in [6.07, 6.45) is 3.26. The molecule has 0 radical (unpaired) electrons. The standard InChI is InChI=1S/C31H34N4O2/c1-23(25-11-7-4-8-12-25)33-22-30(36)29(21-24-9-5-3-6-10-24)34-31(37)26-13-15-27(16-14-26)35(2)28-17-19-32-20-18-28/h3-20,23,29-30,33,36H,21-22H2,1-2H3,(H,34,37)/t23-,29+,30-/m1/s1. The molecule has 0 fully saturated rings. The number of hydrogen-bond donors (Lipinski definition) is 3. The monoisotopic (exact) mass is 494 g/mol. The number of pyridine rings is 1. The Morgan fingerprint density at radius 1 is 0.865 bits per heavy atom. The molecule has 190 valence electrons. The summed E-state index contributed by atoms with van der Waals surface area (Å²) in [4.78, 5) is 19.3. The average Bonchev–Trinajstić information content (AvgIpc) is 2.96. The minimum absolute atomic E-state index is 0.0776. The molecule has 0 spiro atoms. The molecule has 3 aromatic carbocycles. The molecule has 0 saturated carbocycles. The number of anilines is 2. The maximum absolute atomic E-state index is 13.2. The highest BCUT2D eigenvalue weighted by Crippen LogP contribution is 2.23. The van der Waals surface area contributed by atoms with Gasteiger partial charge in [-0.3, -0.25) is 9.78 Å². The average molecular weight is 495 g/mol. The third kappa shape index (κ3) is 7.26. The minimum atomic E-state index is -0.771. The van der Waals surface area contributed by atoms with Gasteiger partial charge < -0.3 is 20.6 Å². The summed E-state index contributed by atoms with van der Waals surface area (Å²) in [5.74, 6) is -0.214. The number of aliphatic hydroxyl groups is 1. The summed E-state index contributed by atoms with van der Waals surface area (Å²) in [5, 5.41) is 17.6. The number of aromatic nitrogens is 1. The fraction of sp³-hybridized carbons (Fsp3) is 0.226. The van der Waals surface area contributed by atoms with Crippen molar-refractivity contribution in [1.29, 1.82) is 0 Å². The van der Waals surface area contributed by atoms with Crippen molar-refractivity contribution in [3.63, 3.8) is 0 Å². The van der Waals surface area contributed by atoms with Crippen molar-refractivity contribution in [1.82, 2.24) is 15.6 Å². The SMILES string of the molecule is C[C@@H](NC[C@@H](O)[C@H](Cc1ccccc1)NC(=O)c1ccc(N(C)c2ccncc2)cc1)c1ccccc1. The topological polar surface area (TPSA) is 77.5 Å². The van der Waals surface area contributed by atoms with Gasteiger partial charge >= 0.3 is 0 Å². The second-order valence-corrected chi connectivity index (χ2v) is 9.19. The van der Waals surface area contributed by atoms with E-state index in [1.54, 1.807) is 12.4 Å². The highest BCUT2D eigenvalue weighted by atomic mass is 16.3. The van der Waals surface area contributed by atoms with Crippen LogP contribution in [0.15, 0.2) is 109 Å². The van der Waals surface area contributed by atoms with Gasteiger partial charge in [0, 0.05) is 49.0 Å². The quantitative estimate of drug-likeness (QED) is 0.276. The molecule has 1 amide bonds. The zero-order chi connectivity index (χ0) is 26.0. The van der Waals surface area contributed by atoms with E-state index in [1.807, 2.05) is 96.9 Å². The summed E-state index contributed by atoms with van der Waals surface area (Å²) in [7, 11) is 1.97. The fourth-order valence-electron chi connectivity index (χ4n) is 4.26. The van der Waals surface area contributed by atoms with Crippen LogP contribution in [0.25, 0.3) is 0 Å². The Kier molecular flexibility index (Phi) is 9.03. The second kappa shape index (κ2) is 12.8. The van der Waals surface area contributed by atoms with E-state index in [2.05, 4.69) is 34.7 Å². The number of nitrogens with zero attached hydrogens (tertiary/aromatic N) is 2. The molecule has 6 heteroatoms. The van der Waals surface area contributed by atoms with Crippen LogP contribution >= 0.6 is 0 Å². The number of rotatable bonds is 11. The van der Waals surface area contributed by atoms with E-state index in [9.17, 15) is 9.90 Å². The Morgan fingerprint density at radius 2 is 1.46 bits per heavy atom. The van der Waals surface area contributed by atoms with Gasteiger partial charge in [-0.2, -0.15) is 0 Å². The van der Waals surface area contributed by atoms with E-state index in [0.717, 1.165) is 22.5 Å². The minimum Gasteiger partial charge on any atom is -0.390 e. The molecule has 4 aromatic rings. The zero-order valence-corrected chi connectivity index (χ0v) is 21.3. The van der Waals surface area contributed by atoms with E-state index in [1.165, 1.54) is 0 Å². The lowest BCUT2D eigenvalue weighted by Gasteiger charge is -2.26. The zero-order valence-electron chi connectivity index (χ0n) is 21.3. The van der Waals surface area contributed by atoms with Gasteiger partial charge in [0.25, 0.3) is 5.91 Å². The van der Waals surface area contributed by atoms with Crippen molar-refractivity contribution in [3.05, 3.63) is 126 Å². The van der Waals surface area contributed by atoms with Gasteiger partial charge in [0.1, 0.15) is 0 Å². The van der Waals surface area contributed by atoms with Crippen molar-refractivity contribution in [2.24, 2.45) is 0 Å². The molecule has 1 aromatic heterocycles. The van der Waals surface area contributed by atoms with Crippen molar-refractivity contribution in [2.45, 2.75) is 31.5 Å². The maximum Gasteiger partial charge on any atom is 0.251 e. The van der Waals surface area contributed by atoms with Crippen molar-refractivity contribution in [3.8, 4) is 0 Å². The van der Waals surface area contributed by atoms with Crippen molar-refractivity contribution >= 4 is 17.3 Å². The van der Waals surface area contributed by atoms with Gasteiger partial charge in [-0.15, -0.1) is 0 Å². The highest BCUT2D eigenvalue weighted by Gasteiger charge is 2.23. The number of carbonyl (C=O) groups excluding carboxylic acids is 1. The molecule has 0 aliphatic rings.